The molecule has 38 heavy (non-hydrogen) atoms. The number of carbonyl (C=O) groups is 2. The van der Waals surface area contributed by atoms with Gasteiger partial charge in [0.1, 0.15) is 17.1 Å². The Kier molecular flexibility index (Phi) is 7.52. The summed E-state index contributed by atoms with van der Waals surface area (Å²) in [6.07, 6.45) is -4.46. The van der Waals surface area contributed by atoms with Crippen LogP contribution >= 0.6 is 0 Å². The minimum absolute atomic E-state index is 0.110. The molecule has 0 spiro atoms. The van der Waals surface area contributed by atoms with Crippen molar-refractivity contribution in [1.82, 2.24) is 0 Å². The lowest BCUT2D eigenvalue weighted by Gasteiger charge is -2.14. The number of hydrogen-bond acceptors (Lipinski definition) is 7. The Morgan fingerprint density at radius 2 is 1.61 bits per heavy atom. The standard InChI is InChI=1S/C28H21F3O7/c1-3-14-35-26(33)17-8-10-18(11-9-17)36-24-23(32)21-13-12-19(15-22(21)38-25(24)28(29,30)31)37-27(34)20-7-5-4-6-16(20)2/h4-13,15H,3,14H2,1-2H3. The van der Waals surface area contributed by atoms with Crippen LogP contribution in [-0.4, -0.2) is 18.5 Å². The number of fused-ring (bicyclic) bond motifs is 1. The normalized spacial score (nSPS) is 11.3. The highest BCUT2D eigenvalue weighted by molar-refractivity contribution is 5.93. The predicted octanol–water partition coefficient (Wildman–Crippen LogP) is 6.70. The summed E-state index contributed by atoms with van der Waals surface area (Å²) in [5, 5.41) is -0.219. The zero-order chi connectivity index (χ0) is 27.4. The van der Waals surface area contributed by atoms with Gasteiger partial charge < -0.3 is 18.6 Å². The van der Waals surface area contributed by atoms with Crippen LogP contribution in [0.15, 0.2) is 75.9 Å². The first-order chi connectivity index (χ1) is 18.1. The summed E-state index contributed by atoms with van der Waals surface area (Å²) in [6.45, 7) is 3.76. The number of ether oxygens (including phenoxy) is 3. The van der Waals surface area contributed by atoms with Gasteiger partial charge in [0.05, 0.1) is 23.1 Å². The van der Waals surface area contributed by atoms with Crippen LogP contribution in [0.4, 0.5) is 13.2 Å². The molecule has 0 N–H and O–H groups in total. The molecule has 0 fully saturated rings. The van der Waals surface area contributed by atoms with Gasteiger partial charge in [-0.3, -0.25) is 4.79 Å². The molecule has 0 bridgehead atoms. The number of rotatable bonds is 7. The maximum atomic E-state index is 13.9. The summed E-state index contributed by atoms with van der Waals surface area (Å²) in [4.78, 5) is 37.5. The largest absolute Gasteiger partial charge is 0.462 e. The van der Waals surface area contributed by atoms with Crippen molar-refractivity contribution in [2.75, 3.05) is 6.61 Å². The van der Waals surface area contributed by atoms with Gasteiger partial charge in [0.25, 0.3) is 5.76 Å². The van der Waals surface area contributed by atoms with E-state index in [1.807, 2.05) is 6.92 Å². The first kappa shape index (κ1) is 26.5. The number of carbonyl (C=O) groups excluding carboxylic acids is 2. The lowest BCUT2D eigenvalue weighted by Crippen LogP contribution is -2.16. The zero-order valence-corrected chi connectivity index (χ0v) is 20.3. The van der Waals surface area contributed by atoms with E-state index >= 15 is 0 Å². The smallest absolute Gasteiger partial charge is 0.453 e. The summed E-state index contributed by atoms with van der Waals surface area (Å²) in [5.74, 6) is -4.29. The van der Waals surface area contributed by atoms with E-state index in [0.29, 0.717) is 12.0 Å². The number of hydrogen-bond donors (Lipinski definition) is 0. The summed E-state index contributed by atoms with van der Waals surface area (Å²) < 4.78 is 62.2. The average Bonchev–Trinajstić information content (AvgIpc) is 2.88. The minimum atomic E-state index is -5.08. The van der Waals surface area contributed by atoms with Gasteiger partial charge in [-0.15, -0.1) is 0 Å². The fourth-order valence-electron chi connectivity index (χ4n) is 3.52. The highest BCUT2D eigenvalue weighted by Gasteiger charge is 2.40. The van der Waals surface area contributed by atoms with Crippen LogP contribution < -0.4 is 14.9 Å². The Balaban J connectivity index is 1.67. The van der Waals surface area contributed by atoms with Crippen LogP contribution in [0.25, 0.3) is 11.0 Å². The molecule has 196 valence electrons. The second-order valence-electron chi connectivity index (χ2n) is 8.21. The van der Waals surface area contributed by atoms with E-state index in [2.05, 4.69) is 0 Å². The first-order valence-electron chi connectivity index (χ1n) is 11.5. The molecule has 0 saturated carbocycles. The van der Waals surface area contributed by atoms with Crippen molar-refractivity contribution < 1.29 is 41.4 Å². The fraction of sp³-hybridized carbons (Fsp3) is 0.179. The third-order valence-electron chi connectivity index (χ3n) is 5.40. The Bertz CT molecular complexity index is 1550. The van der Waals surface area contributed by atoms with E-state index in [0.717, 1.165) is 6.07 Å². The maximum absolute atomic E-state index is 13.9. The van der Waals surface area contributed by atoms with Crippen LogP contribution in [0, 0.1) is 6.92 Å². The second-order valence-corrected chi connectivity index (χ2v) is 8.21. The minimum Gasteiger partial charge on any atom is -0.462 e. The second kappa shape index (κ2) is 10.8. The molecule has 1 aromatic heterocycles. The van der Waals surface area contributed by atoms with E-state index < -0.39 is 40.6 Å². The van der Waals surface area contributed by atoms with Crippen LogP contribution in [-0.2, 0) is 10.9 Å². The SMILES string of the molecule is CCCOC(=O)c1ccc(Oc2c(C(F)(F)F)oc3cc(OC(=O)c4ccccc4C)ccc3c2=O)cc1. The van der Waals surface area contributed by atoms with Crippen molar-refractivity contribution in [1.29, 1.82) is 0 Å². The quantitative estimate of drug-likeness (QED) is 0.195. The molecular weight excluding hydrogens is 505 g/mol. The molecule has 0 amide bonds. The van der Waals surface area contributed by atoms with Crippen LogP contribution in [0.1, 0.15) is 45.4 Å². The fourth-order valence-corrected chi connectivity index (χ4v) is 3.52. The van der Waals surface area contributed by atoms with Gasteiger partial charge >= 0.3 is 18.1 Å². The molecule has 0 aliphatic carbocycles. The third kappa shape index (κ3) is 5.69. The summed E-state index contributed by atoms with van der Waals surface area (Å²) in [5.41, 5.74) is -0.434. The summed E-state index contributed by atoms with van der Waals surface area (Å²) in [7, 11) is 0. The van der Waals surface area contributed by atoms with Gasteiger partial charge in [-0.05, 0) is 61.4 Å². The van der Waals surface area contributed by atoms with Crippen molar-refractivity contribution in [3.63, 3.8) is 0 Å². The van der Waals surface area contributed by atoms with E-state index in [1.165, 1.54) is 36.4 Å². The van der Waals surface area contributed by atoms with Gasteiger partial charge in [-0.2, -0.15) is 13.2 Å². The highest BCUT2D eigenvalue weighted by atomic mass is 19.4. The number of aryl methyl sites for hydroxylation is 1. The van der Waals surface area contributed by atoms with Crippen molar-refractivity contribution in [3.8, 4) is 17.2 Å². The predicted molar refractivity (Wildman–Crippen MR) is 131 cm³/mol. The van der Waals surface area contributed by atoms with Crippen LogP contribution in [0.3, 0.4) is 0 Å². The molecular formula is C28H21F3O7. The van der Waals surface area contributed by atoms with E-state index in [4.69, 9.17) is 18.6 Å². The lowest BCUT2D eigenvalue weighted by atomic mass is 10.1. The number of halogens is 3. The van der Waals surface area contributed by atoms with Crippen molar-refractivity contribution in [2.24, 2.45) is 0 Å². The van der Waals surface area contributed by atoms with E-state index in [-0.39, 0.29) is 34.6 Å². The zero-order valence-electron chi connectivity index (χ0n) is 20.3. The van der Waals surface area contributed by atoms with Crippen molar-refractivity contribution in [2.45, 2.75) is 26.4 Å². The van der Waals surface area contributed by atoms with Crippen molar-refractivity contribution in [3.05, 3.63) is 99.4 Å². The molecule has 0 atom stereocenters. The monoisotopic (exact) mass is 526 g/mol. The Hall–Kier alpha value is -4.60. The molecule has 1 heterocycles. The number of esters is 2. The number of alkyl halides is 3. The highest BCUT2D eigenvalue weighted by Crippen LogP contribution is 2.38. The number of benzene rings is 3. The van der Waals surface area contributed by atoms with Crippen LogP contribution in [0.2, 0.25) is 0 Å². The summed E-state index contributed by atoms with van der Waals surface area (Å²) in [6, 6.07) is 15.2. The molecule has 0 aliphatic rings. The molecule has 4 rings (SSSR count). The lowest BCUT2D eigenvalue weighted by molar-refractivity contribution is -0.154. The molecule has 7 nitrogen and oxygen atoms in total. The molecule has 10 heteroatoms. The Morgan fingerprint density at radius 1 is 0.921 bits per heavy atom. The molecule has 0 radical (unpaired) electrons. The maximum Gasteiger partial charge on any atom is 0.453 e. The first-order valence-corrected chi connectivity index (χ1v) is 11.5. The van der Waals surface area contributed by atoms with Crippen molar-refractivity contribution >= 4 is 22.9 Å². The molecule has 0 unspecified atom stereocenters. The molecule has 4 aromatic rings. The van der Waals surface area contributed by atoms with Crippen LogP contribution in [0.5, 0.6) is 17.2 Å². The summed E-state index contributed by atoms with van der Waals surface area (Å²) >= 11 is 0. The van der Waals surface area contributed by atoms with Gasteiger partial charge in [0.2, 0.25) is 11.2 Å². The Morgan fingerprint density at radius 3 is 2.26 bits per heavy atom. The average molecular weight is 526 g/mol. The van der Waals surface area contributed by atoms with E-state index in [9.17, 15) is 27.6 Å². The van der Waals surface area contributed by atoms with Gasteiger partial charge in [0, 0.05) is 6.07 Å². The topological polar surface area (TPSA) is 92.0 Å². The molecule has 3 aromatic carbocycles. The molecule has 0 saturated heterocycles. The Labute approximate surface area is 214 Å². The molecule has 0 aliphatic heterocycles. The third-order valence-corrected chi connectivity index (χ3v) is 5.40. The van der Waals surface area contributed by atoms with Gasteiger partial charge in [0.15, 0.2) is 0 Å². The van der Waals surface area contributed by atoms with E-state index in [1.54, 1.807) is 31.2 Å². The van der Waals surface area contributed by atoms with Gasteiger partial charge in [-0.25, -0.2) is 9.59 Å². The van der Waals surface area contributed by atoms with Gasteiger partial charge in [-0.1, -0.05) is 25.1 Å².